The Kier molecular flexibility index (Phi) is 5.43. The normalized spacial score (nSPS) is 10.6. The number of furan rings is 2. The molecule has 30 heavy (non-hydrogen) atoms. The molecule has 0 aliphatic carbocycles. The largest absolute Gasteiger partial charge is 0.459 e. The lowest BCUT2D eigenvalue weighted by Crippen LogP contribution is -2.22. The molecular formula is C23H17FN2O4. The van der Waals surface area contributed by atoms with Gasteiger partial charge in [0.05, 0.1) is 11.8 Å². The van der Waals surface area contributed by atoms with E-state index in [1.165, 1.54) is 18.4 Å². The van der Waals surface area contributed by atoms with Crippen LogP contribution in [0, 0.1) is 5.82 Å². The van der Waals surface area contributed by atoms with Gasteiger partial charge in [0.1, 0.15) is 11.6 Å². The highest BCUT2D eigenvalue weighted by atomic mass is 19.1. The fourth-order valence-corrected chi connectivity index (χ4v) is 2.89. The lowest BCUT2D eigenvalue weighted by Gasteiger charge is -2.07. The smallest absolute Gasteiger partial charge is 0.291 e. The number of rotatable bonds is 6. The molecule has 0 aliphatic heterocycles. The van der Waals surface area contributed by atoms with Crippen LogP contribution in [0.25, 0.3) is 11.3 Å². The number of anilines is 1. The van der Waals surface area contributed by atoms with Crippen molar-refractivity contribution in [3.8, 4) is 11.3 Å². The Morgan fingerprint density at radius 2 is 1.73 bits per heavy atom. The van der Waals surface area contributed by atoms with Crippen molar-refractivity contribution in [2.24, 2.45) is 0 Å². The van der Waals surface area contributed by atoms with Gasteiger partial charge in [0.2, 0.25) is 0 Å². The maximum atomic E-state index is 13.9. The van der Waals surface area contributed by atoms with Crippen molar-refractivity contribution in [1.82, 2.24) is 5.32 Å². The molecular weight excluding hydrogens is 387 g/mol. The Hall–Kier alpha value is -4.13. The van der Waals surface area contributed by atoms with Crippen LogP contribution in [0.4, 0.5) is 10.1 Å². The number of hydrogen-bond acceptors (Lipinski definition) is 4. The number of carbonyl (C=O) groups is 2. The third-order valence-corrected chi connectivity index (χ3v) is 4.35. The summed E-state index contributed by atoms with van der Waals surface area (Å²) in [7, 11) is 0. The van der Waals surface area contributed by atoms with Gasteiger partial charge in [-0.1, -0.05) is 24.3 Å². The summed E-state index contributed by atoms with van der Waals surface area (Å²) in [5.74, 6) is -0.652. The number of hydrogen-bond donors (Lipinski definition) is 2. The first-order valence-electron chi connectivity index (χ1n) is 9.17. The molecule has 150 valence electrons. The number of benzene rings is 2. The highest BCUT2D eigenvalue weighted by Gasteiger charge is 2.14. The monoisotopic (exact) mass is 404 g/mol. The Morgan fingerprint density at radius 3 is 2.53 bits per heavy atom. The third-order valence-electron chi connectivity index (χ3n) is 4.35. The Morgan fingerprint density at radius 1 is 0.867 bits per heavy atom. The van der Waals surface area contributed by atoms with Crippen LogP contribution in [-0.4, -0.2) is 11.8 Å². The standard InChI is InChI=1S/C23H17FN2O4/c24-18-8-2-1-7-17(18)19-10-11-21(30-19)22(27)25-14-15-5-3-6-16(13-15)26-23(28)20-9-4-12-29-20/h1-13H,14H2,(H,25,27)(H,26,28). The summed E-state index contributed by atoms with van der Waals surface area (Å²) < 4.78 is 24.4. The molecule has 4 aromatic rings. The molecule has 2 N–H and O–H groups in total. The van der Waals surface area contributed by atoms with Crippen LogP contribution < -0.4 is 10.6 Å². The molecule has 7 heteroatoms. The summed E-state index contributed by atoms with van der Waals surface area (Å²) in [5, 5.41) is 5.48. The van der Waals surface area contributed by atoms with Gasteiger partial charge in [-0.15, -0.1) is 0 Å². The summed E-state index contributed by atoms with van der Waals surface area (Å²) >= 11 is 0. The number of carbonyl (C=O) groups excluding carboxylic acids is 2. The minimum atomic E-state index is -0.428. The van der Waals surface area contributed by atoms with Crippen LogP contribution in [0.2, 0.25) is 0 Å². The second-order valence-corrected chi connectivity index (χ2v) is 6.46. The molecule has 2 heterocycles. The maximum Gasteiger partial charge on any atom is 0.291 e. The molecule has 0 fully saturated rings. The van der Waals surface area contributed by atoms with Gasteiger partial charge in [-0.2, -0.15) is 0 Å². The lowest BCUT2D eigenvalue weighted by atomic mass is 10.1. The number of halogens is 1. The summed E-state index contributed by atoms with van der Waals surface area (Å²) in [6, 6.07) is 19.5. The van der Waals surface area contributed by atoms with Crippen molar-refractivity contribution in [3.63, 3.8) is 0 Å². The highest BCUT2D eigenvalue weighted by molar-refractivity contribution is 6.02. The molecule has 0 aliphatic rings. The van der Waals surface area contributed by atoms with E-state index in [1.54, 1.807) is 54.6 Å². The average Bonchev–Trinajstić information content (AvgIpc) is 3.45. The minimum absolute atomic E-state index is 0.0792. The summed E-state index contributed by atoms with van der Waals surface area (Å²) in [5.41, 5.74) is 1.64. The molecule has 0 atom stereocenters. The Bertz CT molecular complexity index is 1180. The Labute approximate surface area is 171 Å². The van der Waals surface area contributed by atoms with Gasteiger partial charge in [-0.3, -0.25) is 9.59 Å². The summed E-state index contributed by atoms with van der Waals surface area (Å²) in [6.07, 6.45) is 1.42. The molecule has 2 amide bonds. The molecule has 0 saturated carbocycles. The molecule has 4 rings (SSSR count). The SMILES string of the molecule is O=C(Nc1cccc(CNC(=O)c2ccc(-c3ccccc3F)o2)c1)c1ccco1. The van der Waals surface area contributed by atoms with Gasteiger partial charge in [-0.05, 0) is 54.1 Å². The first-order chi connectivity index (χ1) is 14.6. The van der Waals surface area contributed by atoms with Gasteiger partial charge in [0.15, 0.2) is 11.5 Å². The molecule has 0 bridgehead atoms. The van der Waals surface area contributed by atoms with E-state index in [0.29, 0.717) is 5.69 Å². The number of amides is 2. The predicted molar refractivity (Wildman–Crippen MR) is 108 cm³/mol. The van der Waals surface area contributed by atoms with Crippen molar-refractivity contribution >= 4 is 17.5 Å². The third kappa shape index (κ3) is 4.30. The summed E-state index contributed by atoms with van der Waals surface area (Å²) in [4.78, 5) is 24.5. The summed E-state index contributed by atoms with van der Waals surface area (Å²) in [6.45, 7) is 0.221. The molecule has 6 nitrogen and oxygen atoms in total. The van der Waals surface area contributed by atoms with E-state index < -0.39 is 11.7 Å². The maximum absolute atomic E-state index is 13.9. The van der Waals surface area contributed by atoms with Crippen LogP contribution in [0.1, 0.15) is 26.7 Å². The van der Waals surface area contributed by atoms with Crippen LogP contribution in [0.3, 0.4) is 0 Å². The average molecular weight is 404 g/mol. The molecule has 2 aromatic heterocycles. The lowest BCUT2D eigenvalue weighted by molar-refractivity contribution is 0.0923. The molecule has 0 unspecified atom stereocenters. The van der Waals surface area contributed by atoms with E-state index in [4.69, 9.17) is 8.83 Å². The van der Waals surface area contributed by atoms with E-state index in [-0.39, 0.29) is 35.3 Å². The first kappa shape index (κ1) is 19.2. The van der Waals surface area contributed by atoms with Crippen molar-refractivity contribution in [1.29, 1.82) is 0 Å². The van der Waals surface area contributed by atoms with Gasteiger partial charge in [0, 0.05) is 12.2 Å². The zero-order valence-corrected chi connectivity index (χ0v) is 15.7. The topological polar surface area (TPSA) is 84.5 Å². The van der Waals surface area contributed by atoms with Crippen LogP contribution in [0.15, 0.2) is 87.9 Å². The fraction of sp³-hybridized carbons (Fsp3) is 0.0435. The van der Waals surface area contributed by atoms with Crippen LogP contribution in [0.5, 0.6) is 0 Å². The van der Waals surface area contributed by atoms with Gasteiger partial charge in [-0.25, -0.2) is 4.39 Å². The Balaban J connectivity index is 1.39. The molecule has 0 radical (unpaired) electrons. The van der Waals surface area contributed by atoms with Gasteiger partial charge in [0.25, 0.3) is 11.8 Å². The van der Waals surface area contributed by atoms with E-state index >= 15 is 0 Å². The first-order valence-corrected chi connectivity index (χ1v) is 9.17. The molecule has 0 spiro atoms. The van der Waals surface area contributed by atoms with Crippen molar-refractivity contribution in [3.05, 3.63) is 102 Å². The highest BCUT2D eigenvalue weighted by Crippen LogP contribution is 2.24. The van der Waals surface area contributed by atoms with Crippen molar-refractivity contribution in [2.45, 2.75) is 6.54 Å². The van der Waals surface area contributed by atoms with Crippen molar-refractivity contribution < 1.29 is 22.8 Å². The minimum Gasteiger partial charge on any atom is -0.459 e. The van der Waals surface area contributed by atoms with E-state index in [1.807, 2.05) is 6.07 Å². The van der Waals surface area contributed by atoms with E-state index in [9.17, 15) is 14.0 Å². The second-order valence-electron chi connectivity index (χ2n) is 6.46. The quantitative estimate of drug-likeness (QED) is 0.481. The van der Waals surface area contributed by atoms with Crippen molar-refractivity contribution in [2.75, 3.05) is 5.32 Å². The molecule has 2 aromatic carbocycles. The predicted octanol–water partition coefficient (Wildman–Crippen LogP) is 4.86. The fourth-order valence-electron chi connectivity index (χ4n) is 2.89. The van der Waals surface area contributed by atoms with Gasteiger partial charge >= 0.3 is 0 Å². The zero-order chi connectivity index (χ0) is 20.9. The van der Waals surface area contributed by atoms with E-state index in [0.717, 1.165) is 5.56 Å². The molecule has 0 saturated heterocycles. The van der Waals surface area contributed by atoms with E-state index in [2.05, 4.69) is 10.6 Å². The van der Waals surface area contributed by atoms with Gasteiger partial charge < -0.3 is 19.5 Å². The van der Waals surface area contributed by atoms with Crippen LogP contribution in [-0.2, 0) is 6.54 Å². The van der Waals surface area contributed by atoms with Crippen LogP contribution >= 0.6 is 0 Å². The zero-order valence-electron chi connectivity index (χ0n) is 15.7. The second kappa shape index (κ2) is 8.48. The number of nitrogens with one attached hydrogen (secondary N) is 2.